The first-order valence-corrected chi connectivity index (χ1v) is 9.29. The van der Waals surface area contributed by atoms with Crippen molar-refractivity contribution in [1.29, 1.82) is 0 Å². The highest BCUT2D eigenvalue weighted by Crippen LogP contribution is 2.33. The molecule has 0 fully saturated rings. The molecule has 0 aliphatic carbocycles. The van der Waals surface area contributed by atoms with Crippen molar-refractivity contribution < 1.29 is 9.90 Å². The molecule has 3 rings (SSSR count). The number of carboxylic acids is 1. The third-order valence-electron chi connectivity index (χ3n) is 3.91. The van der Waals surface area contributed by atoms with Crippen molar-refractivity contribution >= 4 is 50.6 Å². The Kier molecular flexibility index (Phi) is 5.13. The van der Waals surface area contributed by atoms with E-state index in [9.17, 15) is 9.90 Å². The van der Waals surface area contributed by atoms with Gasteiger partial charge in [0.2, 0.25) is 0 Å². The topological polar surface area (TPSA) is 55.1 Å². The maximum atomic E-state index is 11.6. The molecule has 0 atom stereocenters. The number of nitrogens with zero attached hydrogens (tertiary/aromatic N) is 2. The average Bonchev–Trinajstić information content (AvgIpc) is 3.08. The van der Waals surface area contributed by atoms with Gasteiger partial charge in [-0.2, -0.15) is 0 Å². The fraction of sp³-hybridized carbons (Fsp3) is 0.294. The monoisotopic (exact) mass is 382 g/mol. The molecule has 7 heteroatoms. The van der Waals surface area contributed by atoms with E-state index in [-0.39, 0.29) is 10.8 Å². The van der Waals surface area contributed by atoms with Gasteiger partial charge in [-0.1, -0.05) is 42.6 Å². The van der Waals surface area contributed by atoms with Crippen LogP contribution in [0.5, 0.6) is 0 Å². The minimum Gasteiger partial charge on any atom is -0.476 e. The number of unbranched alkanes of at least 4 members (excludes halogenated alkanes) is 1. The fourth-order valence-electron chi connectivity index (χ4n) is 2.76. The minimum absolute atomic E-state index is 0.0363. The summed E-state index contributed by atoms with van der Waals surface area (Å²) in [5, 5.41) is 13.2. The van der Waals surface area contributed by atoms with Crippen LogP contribution >= 0.6 is 34.5 Å². The number of aryl methyl sites for hydroxylation is 1. The summed E-state index contributed by atoms with van der Waals surface area (Å²) in [6.45, 7) is 2.48. The van der Waals surface area contributed by atoms with Gasteiger partial charge in [-0.15, -0.1) is 11.3 Å². The van der Waals surface area contributed by atoms with Crippen LogP contribution in [0.4, 0.5) is 0 Å². The molecule has 1 N–H and O–H groups in total. The summed E-state index contributed by atoms with van der Waals surface area (Å²) < 4.78 is 2.78. The fourth-order valence-corrected chi connectivity index (χ4v) is 4.37. The second kappa shape index (κ2) is 7.13. The smallest absolute Gasteiger partial charge is 0.355 e. The quantitative estimate of drug-likeness (QED) is 0.612. The third kappa shape index (κ3) is 3.16. The molecular formula is C17H16Cl2N2O2S. The predicted octanol–water partition coefficient (Wildman–Crippen LogP) is 5.49. The van der Waals surface area contributed by atoms with Gasteiger partial charge >= 0.3 is 5.97 Å². The van der Waals surface area contributed by atoms with Gasteiger partial charge in [0, 0.05) is 21.5 Å². The molecule has 126 valence electrons. The second-order valence-corrected chi connectivity index (χ2v) is 7.21. The number of benzene rings is 1. The molecule has 4 nitrogen and oxygen atoms in total. The third-order valence-corrected chi connectivity index (χ3v) is 5.49. The van der Waals surface area contributed by atoms with Crippen molar-refractivity contribution in [2.75, 3.05) is 0 Å². The first-order valence-electron chi connectivity index (χ1n) is 7.65. The zero-order valence-corrected chi connectivity index (χ0v) is 15.4. The maximum Gasteiger partial charge on any atom is 0.355 e. The van der Waals surface area contributed by atoms with Crippen LogP contribution in [-0.4, -0.2) is 20.6 Å². The van der Waals surface area contributed by atoms with Gasteiger partial charge in [-0.05, 0) is 29.5 Å². The van der Waals surface area contributed by atoms with Crippen LogP contribution in [0.2, 0.25) is 10.2 Å². The lowest BCUT2D eigenvalue weighted by molar-refractivity contribution is 0.0685. The Hall–Kier alpha value is -1.56. The summed E-state index contributed by atoms with van der Waals surface area (Å²) >= 11 is 14.0. The van der Waals surface area contributed by atoms with Gasteiger partial charge < -0.3 is 9.67 Å². The van der Waals surface area contributed by atoms with E-state index >= 15 is 0 Å². The highest BCUT2D eigenvalue weighted by molar-refractivity contribution is 7.17. The van der Waals surface area contributed by atoms with E-state index in [0.717, 1.165) is 28.5 Å². The van der Waals surface area contributed by atoms with Crippen molar-refractivity contribution in [2.45, 2.75) is 32.7 Å². The largest absolute Gasteiger partial charge is 0.476 e. The Labute approximate surface area is 153 Å². The van der Waals surface area contributed by atoms with E-state index in [4.69, 9.17) is 23.2 Å². The zero-order chi connectivity index (χ0) is 17.3. The standard InChI is InChI=1S/C17H16Cl2N2O2S/c1-2-3-7-13-20-16(19)15(17(22)23)21(13)8-10-9-24-12-6-4-5-11(18)14(10)12/h4-6,9H,2-3,7-8H2,1H3,(H,22,23). The first kappa shape index (κ1) is 17.3. The lowest BCUT2D eigenvalue weighted by atomic mass is 10.1. The molecular weight excluding hydrogens is 367 g/mol. The summed E-state index contributed by atoms with van der Waals surface area (Å²) in [5.74, 6) is -0.369. The Bertz CT molecular complexity index is 902. The van der Waals surface area contributed by atoms with E-state index in [1.54, 1.807) is 15.9 Å². The second-order valence-electron chi connectivity index (χ2n) is 5.54. The Morgan fingerprint density at radius 2 is 2.17 bits per heavy atom. The van der Waals surface area contributed by atoms with Gasteiger partial charge in [-0.3, -0.25) is 0 Å². The highest BCUT2D eigenvalue weighted by Gasteiger charge is 2.22. The van der Waals surface area contributed by atoms with Crippen molar-refractivity contribution in [2.24, 2.45) is 0 Å². The first-order chi connectivity index (χ1) is 11.5. The number of carboxylic acid groups (broad SMARTS) is 1. The molecule has 0 spiro atoms. The molecule has 0 saturated heterocycles. The molecule has 0 bridgehead atoms. The number of rotatable bonds is 6. The lowest BCUT2D eigenvalue weighted by Crippen LogP contribution is -2.12. The van der Waals surface area contributed by atoms with Gasteiger partial charge in [0.25, 0.3) is 0 Å². The van der Waals surface area contributed by atoms with Gasteiger partial charge in [-0.25, -0.2) is 9.78 Å². The Balaban J connectivity index is 2.09. The number of imidazole rings is 1. The summed E-state index contributed by atoms with van der Waals surface area (Å²) in [6.07, 6.45) is 2.62. The number of hydrogen-bond donors (Lipinski definition) is 1. The highest BCUT2D eigenvalue weighted by atomic mass is 35.5. The molecule has 0 radical (unpaired) electrons. The van der Waals surface area contributed by atoms with Crippen molar-refractivity contribution in [3.8, 4) is 0 Å². The van der Waals surface area contributed by atoms with Crippen LogP contribution < -0.4 is 0 Å². The van der Waals surface area contributed by atoms with Gasteiger partial charge in [0.05, 0.1) is 6.54 Å². The van der Waals surface area contributed by atoms with Crippen molar-refractivity contribution in [3.63, 3.8) is 0 Å². The number of hydrogen-bond acceptors (Lipinski definition) is 3. The number of halogens is 2. The number of fused-ring (bicyclic) bond motifs is 1. The van der Waals surface area contributed by atoms with E-state index in [0.29, 0.717) is 23.8 Å². The molecule has 0 unspecified atom stereocenters. The van der Waals surface area contributed by atoms with Crippen LogP contribution in [0, 0.1) is 0 Å². The van der Waals surface area contributed by atoms with E-state index in [1.807, 2.05) is 23.6 Å². The number of aromatic nitrogens is 2. The number of thiophene rings is 1. The molecule has 0 aliphatic rings. The molecule has 0 amide bonds. The maximum absolute atomic E-state index is 11.6. The van der Waals surface area contributed by atoms with Crippen LogP contribution in [0.3, 0.4) is 0 Å². The predicted molar refractivity (Wildman–Crippen MR) is 98.7 cm³/mol. The van der Waals surface area contributed by atoms with Crippen molar-refractivity contribution in [3.05, 3.63) is 50.8 Å². The van der Waals surface area contributed by atoms with Gasteiger partial charge in [0.15, 0.2) is 10.8 Å². The molecule has 2 aromatic heterocycles. The minimum atomic E-state index is -1.07. The number of carbonyl (C=O) groups is 1. The van der Waals surface area contributed by atoms with Crippen molar-refractivity contribution in [1.82, 2.24) is 9.55 Å². The normalized spacial score (nSPS) is 11.3. The van der Waals surface area contributed by atoms with E-state index in [2.05, 4.69) is 11.9 Å². The molecule has 3 aromatic rings. The number of aromatic carboxylic acids is 1. The van der Waals surface area contributed by atoms with Crippen LogP contribution in [0.15, 0.2) is 23.6 Å². The average molecular weight is 383 g/mol. The van der Waals surface area contributed by atoms with Crippen LogP contribution in [0.1, 0.15) is 41.6 Å². The molecule has 0 aliphatic heterocycles. The van der Waals surface area contributed by atoms with E-state index < -0.39 is 5.97 Å². The molecule has 24 heavy (non-hydrogen) atoms. The van der Waals surface area contributed by atoms with Crippen LogP contribution in [-0.2, 0) is 13.0 Å². The molecule has 0 saturated carbocycles. The van der Waals surface area contributed by atoms with Gasteiger partial charge in [0.1, 0.15) is 5.82 Å². The summed E-state index contributed by atoms with van der Waals surface area (Å²) in [7, 11) is 0. The summed E-state index contributed by atoms with van der Waals surface area (Å²) in [6, 6.07) is 5.76. The zero-order valence-electron chi connectivity index (χ0n) is 13.1. The SMILES string of the molecule is CCCCc1nc(Cl)c(C(=O)O)n1Cc1csc2cccc(Cl)c12. The molecule has 2 heterocycles. The van der Waals surface area contributed by atoms with E-state index in [1.165, 1.54) is 0 Å². The Morgan fingerprint density at radius 1 is 1.38 bits per heavy atom. The summed E-state index contributed by atoms with van der Waals surface area (Å²) in [5.41, 5.74) is 1.02. The van der Waals surface area contributed by atoms with Crippen LogP contribution in [0.25, 0.3) is 10.1 Å². The lowest BCUT2D eigenvalue weighted by Gasteiger charge is -2.10. The summed E-state index contributed by atoms with van der Waals surface area (Å²) in [4.78, 5) is 15.9. The molecule has 1 aromatic carbocycles. The Morgan fingerprint density at radius 3 is 2.88 bits per heavy atom.